The number of nitrogen functional groups attached to an aromatic ring is 1. The van der Waals surface area contributed by atoms with E-state index < -0.39 is 0 Å². The van der Waals surface area contributed by atoms with E-state index in [2.05, 4.69) is 11.6 Å². The van der Waals surface area contributed by atoms with Crippen LogP contribution in [-0.2, 0) is 4.75 Å². The first-order chi connectivity index (χ1) is 13.5. The lowest BCUT2D eigenvalue weighted by Crippen LogP contribution is -2.13. The van der Waals surface area contributed by atoms with Gasteiger partial charge >= 0.3 is 0 Å². The summed E-state index contributed by atoms with van der Waals surface area (Å²) in [7, 11) is 0. The maximum absolute atomic E-state index is 13.2. The van der Waals surface area contributed by atoms with E-state index in [9.17, 15) is 9.18 Å². The van der Waals surface area contributed by atoms with E-state index in [0.29, 0.717) is 16.9 Å². The molecule has 0 spiro atoms. The number of nitrogens with two attached hydrogens (primary N) is 1. The smallest absolute Gasteiger partial charge is 0.255 e. The molecule has 3 aromatic carbocycles. The van der Waals surface area contributed by atoms with Gasteiger partial charge in [0.05, 0.1) is 11.4 Å². The van der Waals surface area contributed by atoms with Crippen molar-refractivity contribution in [3.05, 3.63) is 83.7 Å². The van der Waals surface area contributed by atoms with Gasteiger partial charge in [0.25, 0.3) is 5.91 Å². The summed E-state index contributed by atoms with van der Waals surface area (Å²) in [6.07, 6.45) is 4.50. The van der Waals surface area contributed by atoms with Crippen molar-refractivity contribution in [3.8, 4) is 11.1 Å². The Labute approximate surface area is 168 Å². The maximum Gasteiger partial charge on any atom is 0.255 e. The third kappa shape index (κ3) is 3.62. The molecule has 3 nitrogen and oxygen atoms in total. The van der Waals surface area contributed by atoms with Crippen molar-refractivity contribution < 1.29 is 9.18 Å². The molecule has 1 amide bonds. The first-order valence-electron chi connectivity index (χ1n) is 9.13. The van der Waals surface area contributed by atoms with Gasteiger partial charge in [-0.15, -0.1) is 0 Å². The molecule has 142 valence electrons. The van der Waals surface area contributed by atoms with Crippen molar-refractivity contribution in [2.45, 2.75) is 17.6 Å². The zero-order valence-corrected chi connectivity index (χ0v) is 16.4. The Morgan fingerprint density at radius 3 is 2.25 bits per heavy atom. The number of hydrogen-bond acceptors (Lipinski definition) is 3. The number of thioether (sulfide) groups is 1. The van der Waals surface area contributed by atoms with Crippen LogP contribution in [0.3, 0.4) is 0 Å². The van der Waals surface area contributed by atoms with Gasteiger partial charge in [-0.3, -0.25) is 4.79 Å². The fraction of sp³-hybridized carbons (Fsp3) is 0.174. The lowest BCUT2D eigenvalue weighted by molar-refractivity contribution is 0.102. The van der Waals surface area contributed by atoms with Gasteiger partial charge in [0.1, 0.15) is 5.82 Å². The largest absolute Gasteiger partial charge is 0.397 e. The highest BCUT2D eigenvalue weighted by molar-refractivity contribution is 7.99. The van der Waals surface area contributed by atoms with Crippen molar-refractivity contribution in [1.82, 2.24) is 0 Å². The minimum absolute atomic E-state index is 0.205. The average Bonchev–Trinajstić information content (AvgIpc) is 3.52. The van der Waals surface area contributed by atoms with Gasteiger partial charge in [0, 0.05) is 10.3 Å². The highest BCUT2D eigenvalue weighted by Crippen LogP contribution is 2.55. The van der Waals surface area contributed by atoms with E-state index in [-0.39, 0.29) is 16.5 Å². The number of rotatable bonds is 5. The Morgan fingerprint density at radius 1 is 1.00 bits per heavy atom. The second-order valence-corrected chi connectivity index (χ2v) is 8.23. The summed E-state index contributed by atoms with van der Waals surface area (Å²) in [5, 5.41) is 2.89. The predicted molar refractivity (Wildman–Crippen MR) is 115 cm³/mol. The Balaban J connectivity index is 1.54. The molecule has 1 aliphatic carbocycles. The molecule has 3 aromatic rings. The lowest BCUT2D eigenvalue weighted by Gasteiger charge is -2.14. The normalized spacial score (nSPS) is 14.5. The molecule has 3 N–H and O–H groups in total. The summed E-state index contributed by atoms with van der Waals surface area (Å²) in [6, 6.07) is 19.4. The van der Waals surface area contributed by atoms with Crippen molar-refractivity contribution in [2.24, 2.45) is 0 Å². The molecule has 0 unspecified atom stereocenters. The molecule has 0 aliphatic heterocycles. The molecule has 0 atom stereocenters. The number of hydrogen-bond donors (Lipinski definition) is 2. The zero-order chi connectivity index (χ0) is 19.7. The second-order valence-electron chi connectivity index (χ2n) is 7.04. The Morgan fingerprint density at radius 2 is 1.64 bits per heavy atom. The molecule has 5 heteroatoms. The molecule has 28 heavy (non-hydrogen) atoms. The maximum atomic E-state index is 13.2. The fourth-order valence-corrected chi connectivity index (χ4v) is 4.21. The van der Waals surface area contributed by atoms with Crippen LogP contribution in [0.2, 0.25) is 0 Å². The molecule has 0 heterocycles. The van der Waals surface area contributed by atoms with E-state index in [4.69, 9.17) is 5.73 Å². The summed E-state index contributed by atoms with van der Waals surface area (Å²) in [4.78, 5) is 12.7. The topological polar surface area (TPSA) is 55.1 Å². The Kier molecular flexibility index (Phi) is 4.85. The number of benzene rings is 3. The summed E-state index contributed by atoms with van der Waals surface area (Å²) in [6.45, 7) is 0. The Bertz CT molecular complexity index is 1010. The van der Waals surface area contributed by atoms with Gasteiger partial charge < -0.3 is 11.1 Å². The van der Waals surface area contributed by atoms with Crippen LogP contribution in [0, 0.1) is 5.82 Å². The summed E-state index contributed by atoms with van der Waals surface area (Å²) < 4.78 is 13.4. The number of carbonyl (C=O) groups excluding carboxylic acids is 1. The molecule has 1 aliphatic rings. The highest BCUT2D eigenvalue weighted by Gasteiger charge is 2.43. The minimum Gasteiger partial charge on any atom is -0.397 e. The van der Waals surface area contributed by atoms with Crippen molar-refractivity contribution in [2.75, 3.05) is 17.3 Å². The first-order valence-corrected chi connectivity index (χ1v) is 10.4. The van der Waals surface area contributed by atoms with E-state index in [1.807, 2.05) is 48.2 Å². The van der Waals surface area contributed by atoms with Crippen molar-refractivity contribution in [3.63, 3.8) is 0 Å². The van der Waals surface area contributed by atoms with Gasteiger partial charge in [-0.25, -0.2) is 4.39 Å². The molecule has 0 aromatic heterocycles. The van der Waals surface area contributed by atoms with Crippen LogP contribution >= 0.6 is 11.8 Å². The number of nitrogens with one attached hydrogen (secondary N) is 1. The van der Waals surface area contributed by atoms with Crippen LogP contribution < -0.4 is 11.1 Å². The standard InChI is InChI=1S/C23H21FN2OS/c1-28-23(12-13-23)18-7-2-16(3-8-18)22(27)26-21-14-17(6-11-20(21)25)15-4-9-19(24)10-5-15/h2-11,14H,12-13,25H2,1H3,(H,26,27). The van der Waals surface area contributed by atoms with Crippen LogP contribution in [0.5, 0.6) is 0 Å². The predicted octanol–water partition coefficient (Wildman–Crippen LogP) is 5.68. The number of amides is 1. The van der Waals surface area contributed by atoms with Crippen LogP contribution in [0.4, 0.5) is 15.8 Å². The molecular formula is C23H21FN2OS. The van der Waals surface area contributed by atoms with Gasteiger partial charge in [-0.1, -0.05) is 30.3 Å². The molecular weight excluding hydrogens is 371 g/mol. The van der Waals surface area contributed by atoms with Crippen LogP contribution in [-0.4, -0.2) is 12.2 Å². The second kappa shape index (κ2) is 7.32. The SMILES string of the molecule is CSC1(c2ccc(C(=O)Nc3cc(-c4ccc(F)cc4)ccc3N)cc2)CC1. The first kappa shape index (κ1) is 18.6. The monoisotopic (exact) mass is 392 g/mol. The van der Waals surface area contributed by atoms with E-state index >= 15 is 0 Å². The zero-order valence-electron chi connectivity index (χ0n) is 15.5. The quantitative estimate of drug-likeness (QED) is 0.549. The van der Waals surface area contributed by atoms with E-state index in [0.717, 1.165) is 11.1 Å². The van der Waals surface area contributed by atoms with E-state index in [1.165, 1.54) is 30.5 Å². The van der Waals surface area contributed by atoms with Gasteiger partial charge in [0.2, 0.25) is 0 Å². The fourth-order valence-electron chi connectivity index (χ4n) is 3.33. The summed E-state index contributed by atoms with van der Waals surface area (Å²) in [5.74, 6) is -0.492. The lowest BCUT2D eigenvalue weighted by atomic mass is 10.0. The van der Waals surface area contributed by atoms with Crippen LogP contribution in [0.1, 0.15) is 28.8 Å². The summed E-state index contributed by atoms with van der Waals surface area (Å²) >= 11 is 1.87. The Hall–Kier alpha value is -2.79. The molecule has 0 saturated heterocycles. The molecule has 1 saturated carbocycles. The van der Waals surface area contributed by atoms with Crippen molar-refractivity contribution in [1.29, 1.82) is 0 Å². The van der Waals surface area contributed by atoms with Crippen LogP contribution in [0.15, 0.2) is 66.7 Å². The van der Waals surface area contributed by atoms with Gasteiger partial charge in [-0.05, 0) is 72.2 Å². The number of anilines is 2. The average molecular weight is 392 g/mol. The number of halogens is 1. The molecule has 0 radical (unpaired) electrons. The van der Waals surface area contributed by atoms with Gasteiger partial charge in [0.15, 0.2) is 0 Å². The van der Waals surface area contributed by atoms with Gasteiger partial charge in [-0.2, -0.15) is 11.8 Å². The number of carbonyl (C=O) groups is 1. The third-order valence-corrected chi connectivity index (χ3v) is 6.67. The molecule has 0 bridgehead atoms. The molecule has 4 rings (SSSR count). The third-order valence-electron chi connectivity index (χ3n) is 5.25. The van der Waals surface area contributed by atoms with Crippen molar-refractivity contribution >= 4 is 29.0 Å². The highest BCUT2D eigenvalue weighted by atomic mass is 32.2. The minimum atomic E-state index is -0.286. The van der Waals surface area contributed by atoms with E-state index in [1.54, 1.807) is 18.2 Å². The van der Waals surface area contributed by atoms with Crippen LogP contribution in [0.25, 0.3) is 11.1 Å². The molecule has 1 fully saturated rings. The summed E-state index contributed by atoms with van der Waals surface area (Å²) in [5.41, 5.74) is 10.6.